The summed E-state index contributed by atoms with van der Waals surface area (Å²) in [6, 6.07) is 6.67. The molecule has 0 fully saturated rings. The molecule has 0 saturated carbocycles. The molecule has 5 nitrogen and oxygen atoms in total. The summed E-state index contributed by atoms with van der Waals surface area (Å²) in [5.41, 5.74) is 1.37. The van der Waals surface area contributed by atoms with Crippen LogP contribution in [0.4, 0.5) is 5.82 Å². The maximum Gasteiger partial charge on any atom is 0.316 e. The molecular formula is C15H13Cl2N3O2. The molecule has 22 heavy (non-hydrogen) atoms. The van der Waals surface area contributed by atoms with Gasteiger partial charge in [0.15, 0.2) is 5.82 Å². The Morgan fingerprint density at radius 1 is 1.32 bits per heavy atom. The highest BCUT2D eigenvalue weighted by atomic mass is 35.5. The number of ether oxygens (including phenoxy) is 1. The highest BCUT2D eigenvalue weighted by Gasteiger charge is 2.39. The largest absolute Gasteiger partial charge is 0.468 e. The molecular weight excluding hydrogens is 325 g/mol. The monoisotopic (exact) mass is 337 g/mol. The number of halogens is 2. The van der Waals surface area contributed by atoms with Crippen molar-refractivity contribution in [1.29, 1.82) is 0 Å². The Morgan fingerprint density at radius 3 is 2.82 bits per heavy atom. The lowest BCUT2D eigenvalue weighted by Gasteiger charge is -2.30. The van der Waals surface area contributed by atoms with Gasteiger partial charge in [-0.25, -0.2) is 9.67 Å². The van der Waals surface area contributed by atoms with Crippen molar-refractivity contribution < 1.29 is 9.53 Å². The first-order valence-electron chi connectivity index (χ1n) is 6.65. The van der Waals surface area contributed by atoms with Crippen molar-refractivity contribution >= 4 is 40.7 Å². The second kappa shape index (κ2) is 5.74. The molecule has 0 N–H and O–H groups in total. The van der Waals surface area contributed by atoms with Crippen molar-refractivity contribution in [2.24, 2.45) is 10.9 Å². The van der Waals surface area contributed by atoms with E-state index in [2.05, 4.69) is 10.1 Å². The molecule has 1 aromatic heterocycles. The number of benzene rings is 1. The molecule has 2 atom stereocenters. The Hall–Kier alpha value is -1.85. The third-order valence-corrected chi connectivity index (χ3v) is 4.56. The maximum absolute atomic E-state index is 12.3. The van der Waals surface area contributed by atoms with Crippen LogP contribution in [0.25, 0.3) is 0 Å². The van der Waals surface area contributed by atoms with Gasteiger partial charge in [-0.15, -0.1) is 0 Å². The van der Waals surface area contributed by atoms with Crippen LogP contribution < -0.4 is 0 Å². The number of esters is 1. The third kappa shape index (κ3) is 2.30. The van der Waals surface area contributed by atoms with Crippen LogP contribution in [0.5, 0.6) is 0 Å². The Morgan fingerprint density at radius 2 is 2.09 bits per heavy atom. The van der Waals surface area contributed by atoms with Crippen molar-refractivity contribution in [2.75, 3.05) is 7.11 Å². The number of fused-ring (bicyclic) bond motifs is 1. The average molecular weight is 338 g/mol. The minimum Gasteiger partial charge on any atom is -0.468 e. The van der Waals surface area contributed by atoms with E-state index in [-0.39, 0.29) is 5.97 Å². The van der Waals surface area contributed by atoms with Crippen LogP contribution in [-0.2, 0) is 9.53 Å². The molecule has 0 saturated heterocycles. The molecule has 0 spiro atoms. The van der Waals surface area contributed by atoms with Gasteiger partial charge in [0.2, 0.25) is 0 Å². The van der Waals surface area contributed by atoms with Crippen molar-refractivity contribution in [2.45, 2.75) is 13.0 Å². The predicted molar refractivity (Wildman–Crippen MR) is 85.1 cm³/mol. The lowest BCUT2D eigenvalue weighted by Crippen LogP contribution is -2.36. The summed E-state index contributed by atoms with van der Waals surface area (Å²) < 4.78 is 6.61. The molecule has 0 radical (unpaired) electrons. The fourth-order valence-electron chi connectivity index (χ4n) is 2.72. The summed E-state index contributed by atoms with van der Waals surface area (Å²) in [6.45, 7) is 1.80. The average Bonchev–Trinajstić information content (AvgIpc) is 2.96. The van der Waals surface area contributed by atoms with Gasteiger partial charge in [0.25, 0.3) is 0 Å². The molecule has 114 valence electrons. The molecule has 2 aromatic rings. The van der Waals surface area contributed by atoms with E-state index in [1.54, 1.807) is 36.0 Å². The number of nitrogens with zero attached hydrogens (tertiary/aromatic N) is 3. The fraction of sp³-hybridized carbons (Fsp3) is 0.267. The second-order valence-corrected chi connectivity index (χ2v) is 5.76. The summed E-state index contributed by atoms with van der Waals surface area (Å²) in [4.78, 5) is 16.7. The number of aromatic nitrogens is 2. The highest BCUT2D eigenvalue weighted by molar-refractivity contribution is 6.42. The van der Waals surface area contributed by atoms with E-state index in [9.17, 15) is 4.79 Å². The van der Waals surface area contributed by atoms with E-state index < -0.39 is 12.0 Å². The molecule has 2 heterocycles. The Kier molecular flexibility index (Phi) is 3.93. The van der Waals surface area contributed by atoms with Crippen LogP contribution in [0.3, 0.4) is 0 Å². The maximum atomic E-state index is 12.3. The van der Waals surface area contributed by atoms with Gasteiger partial charge in [0, 0.05) is 11.8 Å². The number of hydrogen-bond acceptors (Lipinski definition) is 4. The van der Waals surface area contributed by atoms with Gasteiger partial charge in [-0.3, -0.25) is 4.79 Å². The summed E-state index contributed by atoms with van der Waals surface area (Å²) >= 11 is 12.5. The normalized spacial score (nSPS) is 20.3. The Balaban J connectivity index is 2.23. The van der Waals surface area contributed by atoms with E-state index in [0.717, 1.165) is 0 Å². The minimum atomic E-state index is -0.603. The number of carbonyl (C=O) groups excluding carboxylic acids is 1. The number of carbonyl (C=O) groups is 1. The van der Waals surface area contributed by atoms with Gasteiger partial charge in [-0.05, 0) is 18.6 Å². The summed E-state index contributed by atoms with van der Waals surface area (Å²) in [7, 11) is 1.35. The van der Waals surface area contributed by atoms with Crippen LogP contribution in [0, 0.1) is 5.92 Å². The topological polar surface area (TPSA) is 56.5 Å². The highest BCUT2D eigenvalue weighted by Crippen LogP contribution is 2.40. The quantitative estimate of drug-likeness (QED) is 0.785. The number of methoxy groups -OCH3 is 1. The van der Waals surface area contributed by atoms with Crippen molar-refractivity contribution in [3.63, 3.8) is 0 Å². The van der Waals surface area contributed by atoms with E-state index in [4.69, 9.17) is 27.9 Å². The van der Waals surface area contributed by atoms with Crippen LogP contribution in [0.2, 0.25) is 10.0 Å². The smallest absolute Gasteiger partial charge is 0.316 e. The molecule has 1 aliphatic heterocycles. The summed E-state index contributed by atoms with van der Waals surface area (Å²) in [6.07, 6.45) is 1.64. The minimum absolute atomic E-state index is 0.386. The van der Waals surface area contributed by atoms with Gasteiger partial charge in [-0.2, -0.15) is 5.10 Å². The van der Waals surface area contributed by atoms with E-state index >= 15 is 0 Å². The van der Waals surface area contributed by atoms with Gasteiger partial charge in [0.1, 0.15) is 5.92 Å². The molecule has 0 amide bonds. The Labute approximate surface area is 137 Å². The number of rotatable bonds is 2. The van der Waals surface area contributed by atoms with Crippen molar-refractivity contribution in [3.8, 4) is 0 Å². The van der Waals surface area contributed by atoms with Gasteiger partial charge in [-0.1, -0.05) is 35.3 Å². The first-order chi connectivity index (χ1) is 10.5. The first-order valence-corrected chi connectivity index (χ1v) is 7.40. The number of hydrogen-bond donors (Lipinski definition) is 0. The second-order valence-electron chi connectivity index (χ2n) is 4.98. The van der Waals surface area contributed by atoms with Crippen LogP contribution >= 0.6 is 23.2 Å². The van der Waals surface area contributed by atoms with E-state index in [1.165, 1.54) is 7.11 Å². The predicted octanol–water partition coefficient (Wildman–Crippen LogP) is 3.67. The lowest BCUT2D eigenvalue weighted by atomic mass is 9.88. The van der Waals surface area contributed by atoms with Crippen LogP contribution in [0.1, 0.15) is 18.5 Å². The van der Waals surface area contributed by atoms with Crippen LogP contribution in [0.15, 0.2) is 35.5 Å². The molecule has 0 aliphatic carbocycles. The summed E-state index contributed by atoms with van der Waals surface area (Å²) in [5, 5.41) is 5.12. The molecule has 1 aliphatic rings. The van der Waals surface area contributed by atoms with Gasteiger partial charge < -0.3 is 4.74 Å². The SMILES string of the molecule is COC(=O)C1C(C)=Nc2ccnn2C1c1cccc(Cl)c1Cl. The molecule has 7 heteroatoms. The van der Waals surface area contributed by atoms with Gasteiger partial charge >= 0.3 is 5.97 Å². The molecule has 2 unspecified atom stereocenters. The zero-order valence-corrected chi connectivity index (χ0v) is 13.5. The zero-order valence-electron chi connectivity index (χ0n) is 12.0. The lowest BCUT2D eigenvalue weighted by molar-refractivity contribution is -0.144. The molecule has 3 rings (SSSR count). The third-order valence-electron chi connectivity index (χ3n) is 3.72. The summed E-state index contributed by atoms with van der Waals surface area (Å²) in [5.74, 6) is -0.324. The van der Waals surface area contributed by atoms with Gasteiger partial charge in [0.05, 0.1) is 29.4 Å². The molecule has 1 aromatic carbocycles. The van der Waals surface area contributed by atoms with Crippen LogP contribution in [-0.4, -0.2) is 28.6 Å². The van der Waals surface area contributed by atoms with Crippen molar-refractivity contribution in [1.82, 2.24) is 9.78 Å². The first kappa shape index (κ1) is 15.1. The Bertz CT molecular complexity index is 770. The zero-order chi connectivity index (χ0) is 15.9. The van der Waals surface area contributed by atoms with E-state index in [1.807, 2.05) is 6.07 Å². The van der Waals surface area contributed by atoms with E-state index in [0.29, 0.717) is 27.1 Å². The fourth-order valence-corrected chi connectivity index (χ4v) is 3.14. The number of aliphatic imine (C=N–C) groups is 1. The molecule has 0 bridgehead atoms. The standard InChI is InChI=1S/C15H13Cl2N3O2/c1-8-12(15(21)22-2)14(20-11(19-8)6-7-18-20)9-4-3-5-10(16)13(9)17/h3-7,12,14H,1-2H3. The van der Waals surface area contributed by atoms with Crippen molar-refractivity contribution in [3.05, 3.63) is 46.1 Å².